The highest BCUT2D eigenvalue weighted by atomic mass is 32.2. The Morgan fingerprint density at radius 3 is 2.90 bits per heavy atom. The van der Waals surface area contributed by atoms with Crippen molar-refractivity contribution >= 4 is 61.5 Å². The van der Waals surface area contributed by atoms with Crippen LogP contribution in [0.15, 0.2) is 28.7 Å². The van der Waals surface area contributed by atoms with Gasteiger partial charge in [0.1, 0.15) is 9.83 Å². The largest absolute Gasteiger partial charge is 0.365 e. The third-order valence-electron chi connectivity index (χ3n) is 5.08. The third-order valence-corrected chi connectivity index (χ3v) is 8.44. The van der Waals surface area contributed by atoms with Crippen LogP contribution in [0.25, 0.3) is 10.2 Å². The predicted octanol–water partition coefficient (Wildman–Crippen LogP) is 3.59. The Bertz CT molecular complexity index is 1260. The number of thiophene rings is 2. The molecule has 1 aliphatic carbocycles. The molecule has 4 rings (SSSR count). The first-order valence-corrected chi connectivity index (χ1v) is 12.6. The highest BCUT2D eigenvalue weighted by molar-refractivity contribution is 7.99. The van der Waals surface area contributed by atoms with Gasteiger partial charge in [-0.25, -0.2) is 4.98 Å². The molecule has 0 aromatic carbocycles. The standard InChI is InChI=1S/C21H22N4O3S3/c1-3-8-25-20(28)13-9-11(4-2)30-18(13)24-21(25)29-10-15(26)23-19-16(17(22)27)12-6-5-7-14(12)31-19/h3,9H,1,4-8,10H2,2H3,(H2,22,27)(H,23,26). The first kappa shape index (κ1) is 21.8. The van der Waals surface area contributed by atoms with Crippen molar-refractivity contribution in [3.63, 3.8) is 0 Å². The van der Waals surface area contributed by atoms with Crippen LogP contribution >= 0.6 is 34.4 Å². The van der Waals surface area contributed by atoms with Crippen LogP contribution in [0, 0.1) is 0 Å². The van der Waals surface area contributed by atoms with E-state index in [9.17, 15) is 14.4 Å². The topological polar surface area (TPSA) is 107 Å². The maximum absolute atomic E-state index is 12.9. The molecule has 1 aliphatic rings. The monoisotopic (exact) mass is 474 g/mol. The van der Waals surface area contributed by atoms with E-state index in [1.54, 1.807) is 6.08 Å². The molecule has 3 heterocycles. The van der Waals surface area contributed by atoms with Gasteiger partial charge in [-0.1, -0.05) is 24.8 Å². The number of hydrogen-bond acceptors (Lipinski definition) is 7. The number of nitrogens with zero attached hydrogens (tertiary/aromatic N) is 2. The average molecular weight is 475 g/mol. The minimum atomic E-state index is -0.515. The summed E-state index contributed by atoms with van der Waals surface area (Å²) in [6, 6.07) is 1.89. The second-order valence-electron chi connectivity index (χ2n) is 7.15. The molecule has 162 valence electrons. The van der Waals surface area contributed by atoms with E-state index in [1.807, 2.05) is 13.0 Å². The molecule has 0 atom stereocenters. The second kappa shape index (κ2) is 8.97. The highest BCUT2D eigenvalue weighted by Gasteiger charge is 2.26. The molecule has 0 aliphatic heterocycles. The lowest BCUT2D eigenvalue weighted by Crippen LogP contribution is -2.23. The van der Waals surface area contributed by atoms with E-state index in [2.05, 4.69) is 16.9 Å². The number of nitrogens with two attached hydrogens (primary N) is 1. The molecule has 0 saturated carbocycles. The molecule has 0 radical (unpaired) electrons. The van der Waals surface area contributed by atoms with E-state index in [1.165, 1.54) is 39.0 Å². The van der Waals surface area contributed by atoms with Crippen LogP contribution in [0.5, 0.6) is 0 Å². The van der Waals surface area contributed by atoms with E-state index >= 15 is 0 Å². The SMILES string of the molecule is C=CCn1c(SCC(=O)Nc2sc3c(c2C(N)=O)CCC3)nc2sc(CC)cc2c1=O. The Morgan fingerprint density at radius 2 is 2.19 bits per heavy atom. The molecule has 0 unspecified atom stereocenters. The summed E-state index contributed by atoms with van der Waals surface area (Å²) in [5.74, 6) is -0.729. The van der Waals surface area contributed by atoms with Crippen molar-refractivity contribution in [2.75, 3.05) is 11.1 Å². The van der Waals surface area contributed by atoms with Gasteiger partial charge in [-0.15, -0.1) is 29.3 Å². The van der Waals surface area contributed by atoms with Crippen LogP contribution in [0.4, 0.5) is 5.00 Å². The molecule has 0 spiro atoms. The molecule has 31 heavy (non-hydrogen) atoms. The lowest BCUT2D eigenvalue weighted by Gasteiger charge is -2.10. The Morgan fingerprint density at radius 1 is 1.39 bits per heavy atom. The number of carbonyl (C=O) groups excluding carboxylic acids is 2. The number of primary amides is 1. The molecular formula is C21H22N4O3S3. The summed E-state index contributed by atoms with van der Waals surface area (Å²) < 4.78 is 1.54. The van der Waals surface area contributed by atoms with Crippen molar-refractivity contribution in [2.24, 2.45) is 5.73 Å². The van der Waals surface area contributed by atoms with E-state index < -0.39 is 5.91 Å². The maximum atomic E-state index is 12.9. The molecule has 3 N–H and O–H groups in total. The number of aromatic nitrogens is 2. The third kappa shape index (κ3) is 4.19. The van der Waals surface area contributed by atoms with Crippen LogP contribution in [-0.2, 0) is 30.6 Å². The number of fused-ring (bicyclic) bond motifs is 2. The molecule has 10 heteroatoms. The molecule has 0 fully saturated rings. The second-order valence-corrected chi connectivity index (χ2v) is 10.3. The Kier molecular flexibility index (Phi) is 6.31. The lowest BCUT2D eigenvalue weighted by molar-refractivity contribution is -0.113. The quantitative estimate of drug-likeness (QED) is 0.295. The minimum Gasteiger partial charge on any atom is -0.365 e. The summed E-state index contributed by atoms with van der Waals surface area (Å²) in [5, 5.41) is 4.41. The number of amides is 2. The average Bonchev–Trinajstić information content (AvgIpc) is 3.42. The zero-order chi connectivity index (χ0) is 22.1. The zero-order valence-corrected chi connectivity index (χ0v) is 19.5. The summed E-state index contributed by atoms with van der Waals surface area (Å²) in [5.41, 5.74) is 6.84. The van der Waals surface area contributed by atoms with Crippen molar-refractivity contribution in [1.29, 1.82) is 0 Å². The molecule has 7 nitrogen and oxygen atoms in total. The summed E-state index contributed by atoms with van der Waals surface area (Å²) >= 11 is 4.11. The predicted molar refractivity (Wildman–Crippen MR) is 128 cm³/mol. The van der Waals surface area contributed by atoms with Gasteiger partial charge in [0.25, 0.3) is 11.5 Å². The van der Waals surface area contributed by atoms with Gasteiger partial charge < -0.3 is 11.1 Å². The van der Waals surface area contributed by atoms with Gasteiger partial charge in [0, 0.05) is 16.3 Å². The molecular weight excluding hydrogens is 452 g/mol. The van der Waals surface area contributed by atoms with Crippen molar-refractivity contribution in [3.8, 4) is 0 Å². The lowest BCUT2D eigenvalue weighted by atomic mass is 10.1. The number of aryl methyl sites for hydroxylation is 2. The fourth-order valence-electron chi connectivity index (χ4n) is 3.67. The number of carbonyl (C=O) groups is 2. The van der Waals surface area contributed by atoms with E-state index in [4.69, 9.17) is 5.73 Å². The van der Waals surface area contributed by atoms with Crippen molar-refractivity contribution in [2.45, 2.75) is 44.3 Å². The highest BCUT2D eigenvalue weighted by Crippen LogP contribution is 2.39. The fraction of sp³-hybridized carbons (Fsp3) is 0.333. The van der Waals surface area contributed by atoms with E-state index in [0.29, 0.717) is 32.5 Å². The Hall–Kier alpha value is -2.43. The number of rotatable bonds is 8. The number of thioether (sulfide) groups is 1. The summed E-state index contributed by atoms with van der Waals surface area (Å²) in [4.78, 5) is 45.0. The molecule has 3 aromatic heterocycles. The van der Waals surface area contributed by atoms with Gasteiger partial charge in [-0.3, -0.25) is 19.0 Å². The van der Waals surface area contributed by atoms with Crippen LogP contribution in [-0.4, -0.2) is 27.1 Å². The first-order valence-electron chi connectivity index (χ1n) is 9.94. The smallest absolute Gasteiger partial charge is 0.263 e. The van der Waals surface area contributed by atoms with E-state index in [0.717, 1.165) is 41.0 Å². The van der Waals surface area contributed by atoms with Gasteiger partial charge in [0.2, 0.25) is 5.91 Å². The van der Waals surface area contributed by atoms with Gasteiger partial charge in [-0.2, -0.15) is 0 Å². The van der Waals surface area contributed by atoms with Crippen molar-refractivity contribution in [3.05, 3.63) is 50.0 Å². The summed E-state index contributed by atoms with van der Waals surface area (Å²) in [7, 11) is 0. The number of anilines is 1. The molecule has 2 amide bonds. The Balaban J connectivity index is 1.56. The van der Waals surface area contributed by atoms with Crippen LogP contribution < -0.4 is 16.6 Å². The normalized spacial score (nSPS) is 12.8. The minimum absolute atomic E-state index is 0.0574. The number of nitrogens with one attached hydrogen (secondary N) is 1. The van der Waals surface area contributed by atoms with Crippen LogP contribution in [0.3, 0.4) is 0 Å². The van der Waals surface area contributed by atoms with E-state index in [-0.39, 0.29) is 17.2 Å². The zero-order valence-electron chi connectivity index (χ0n) is 17.0. The van der Waals surface area contributed by atoms with Gasteiger partial charge in [0.05, 0.1) is 16.7 Å². The van der Waals surface area contributed by atoms with Gasteiger partial charge in [-0.05, 0) is 37.3 Å². The van der Waals surface area contributed by atoms with Crippen molar-refractivity contribution < 1.29 is 9.59 Å². The fourth-order valence-corrected chi connectivity index (χ4v) is 6.80. The van der Waals surface area contributed by atoms with Gasteiger partial charge >= 0.3 is 0 Å². The van der Waals surface area contributed by atoms with Crippen molar-refractivity contribution in [1.82, 2.24) is 9.55 Å². The molecule has 0 bridgehead atoms. The number of allylic oxidation sites excluding steroid dienone is 1. The maximum Gasteiger partial charge on any atom is 0.263 e. The Labute approximate surface area is 191 Å². The summed E-state index contributed by atoms with van der Waals surface area (Å²) in [6.07, 6.45) is 5.19. The number of hydrogen-bond donors (Lipinski definition) is 2. The molecule has 3 aromatic rings. The van der Waals surface area contributed by atoms with Crippen LogP contribution in [0.1, 0.15) is 39.0 Å². The first-order chi connectivity index (χ1) is 14.9. The molecule has 0 saturated heterocycles. The summed E-state index contributed by atoms with van der Waals surface area (Å²) in [6.45, 7) is 6.07. The van der Waals surface area contributed by atoms with Gasteiger partial charge in [0.15, 0.2) is 5.16 Å². The van der Waals surface area contributed by atoms with Crippen LogP contribution in [0.2, 0.25) is 0 Å².